The van der Waals surface area contributed by atoms with Gasteiger partial charge in [-0.3, -0.25) is 4.79 Å². The van der Waals surface area contributed by atoms with Gasteiger partial charge < -0.3 is 14.2 Å². The topological polar surface area (TPSA) is 44.8 Å². The van der Waals surface area contributed by atoms with E-state index in [-0.39, 0.29) is 23.2 Å². The van der Waals surface area contributed by atoms with Gasteiger partial charge in [0.25, 0.3) is 0 Å². The van der Waals surface area contributed by atoms with Gasteiger partial charge in [0.2, 0.25) is 0 Å². The molecule has 3 rings (SSSR count). The maximum atomic E-state index is 14.0. The number of ether oxygens (including phenoxy) is 3. The van der Waals surface area contributed by atoms with Crippen LogP contribution in [-0.4, -0.2) is 37.3 Å². The highest BCUT2D eigenvalue weighted by molar-refractivity contribution is 5.94. The number of benzene rings is 1. The molecule has 2 heterocycles. The summed E-state index contributed by atoms with van der Waals surface area (Å²) in [7, 11) is 0. The van der Waals surface area contributed by atoms with Gasteiger partial charge in [0.15, 0.2) is 17.3 Å². The summed E-state index contributed by atoms with van der Waals surface area (Å²) in [4.78, 5) is 11.2. The smallest absolute Gasteiger partial charge is 0.165 e. The number of hydrogen-bond donors (Lipinski definition) is 0. The molecule has 0 bridgehead atoms. The summed E-state index contributed by atoms with van der Waals surface area (Å²) in [5, 5.41) is 0. The van der Waals surface area contributed by atoms with E-state index in [1.165, 1.54) is 19.1 Å². The Hall–Kier alpha value is -1.46. The Kier molecular flexibility index (Phi) is 3.95. The van der Waals surface area contributed by atoms with Crippen LogP contribution in [0.25, 0.3) is 0 Å². The van der Waals surface area contributed by atoms with Crippen molar-refractivity contribution in [1.82, 2.24) is 0 Å². The van der Waals surface area contributed by atoms with Crippen molar-refractivity contribution in [3.8, 4) is 5.75 Å². The van der Waals surface area contributed by atoms with Gasteiger partial charge in [0.1, 0.15) is 6.10 Å². The summed E-state index contributed by atoms with van der Waals surface area (Å²) in [5.74, 6) is -0.458. The van der Waals surface area contributed by atoms with Gasteiger partial charge in [-0.15, -0.1) is 0 Å². The highest BCUT2D eigenvalue weighted by Gasteiger charge is 2.41. The normalized spacial score (nSPS) is 28.8. The van der Waals surface area contributed by atoms with Crippen molar-refractivity contribution in [2.24, 2.45) is 0 Å². The van der Waals surface area contributed by atoms with Crippen LogP contribution in [0.15, 0.2) is 18.2 Å². The monoisotopic (exact) mass is 294 g/mol. The largest absolute Gasteiger partial charge is 0.487 e. The van der Waals surface area contributed by atoms with Gasteiger partial charge in [-0.2, -0.15) is 0 Å². The van der Waals surface area contributed by atoms with E-state index in [0.717, 1.165) is 12.8 Å². The fraction of sp³-hybridized carbons (Fsp3) is 0.562. The van der Waals surface area contributed by atoms with Gasteiger partial charge >= 0.3 is 0 Å². The van der Waals surface area contributed by atoms with Crippen molar-refractivity contribution in [1.29, 1.82) is 0 Å². The number of carbonyl (C=O) groups is 1. The first kappa shape index (κ1) is 14.5. The summed E-state index contributed by atoms with van der Waals surface area (Å²) in [5.41, 5.74) is 0.0890. The van der Waals surface area contributed by atoms with Crippen molar-refractivity contribution < 1.29 is 23.4 Å². The van der Waals surface area contributed by atoms with Crippen LogP contribution in [0.5, 0.6) is 5.75 Å². The van der Waals surface area contributed by atoms with E-state index in [0.29, 0.717) is 31.8 Å². The quantitative estimate of drug-likeness (QED) is 0.804. The zero-order valence-electron chi connectivity index (χ0n) is 12.1. The van der Waals surface area contributed by atoms with E-state index in [1.807, 2.05) is 0 Å². The predicted molar refractivity (Wildman–Crippen MR) is 74.2 cm³/mol. The molecular weight excluding hydrogens is 275 g/mol. The van der Waals surface area contributed by atoms with E-state index in [2.05, 4.69) is 0 Å². The molecule has 0 radical (unpaired) electrons. The molecule has 0 amide bonds. The molecular formula is C16H19FO4. The third kappa shape index (κ3) is 3.09. The molecule has 0 N–H and O–H groups in total. The SMILES string of the molecule is CC(=O)c1ccc(OC2CCOC3(CCOC3)C2)c(F)c1. The number of ketones is 1. The Bertz CT molecular complexity index is 537. The maximum absolute atomic E-state index is 14.0. The van der Waals surface area contributed by atoms with E-state index in [1.54, 1.807) is 6.07 Å². The average molecular weight is 294 g/mol. The molecule has 2 unspecified atom stereocenters. The molecule has 2 saturated heterocycles. The standard InChI is InChI=1S/C16H19FO4/c1-11(18)12-2-3-15(14(17)8-12)21-13-4-6-20-16(9-13)5-7-19-10-16/h2-3,8,13H,4-7,9-10H2,1H3. The van der Waals surface area contributed by atoms with E-state index >= 15 is 0 Å². The lowest BCUT2D eigenvalue weighted by Gasteiger charge is -2.37. The van der Waals surface area contributed by atoms with Crippen molar-refractivity contribution in [2.45, 2.75) is 37.9 Å². The van der Waals surface area contributed by atoms with Crippen LogP contribution in [0.4, 0.5) is 4.39 Å². The molecule has 0 aromatic heterocycles. The Morgan fingerprint density at radius 3 is 2.95 bits per heavy atom. The molecule has 21 heavy (non-hydrogen) atoms. The Morgan fingerprint density at radius 2 is 2.29 bits per heavy atom. The molecule has 2 fully saturated rings. The predicted octanol–water partition coefficient (Wildman–Crippen LogP) is 2.75. The number of carbonyl (C=O) groups excluding carboxylic acids is 1. The minimum absolute atomic E-state index is 0.0851. The Labute approximate surface area is 123 Å². The third-order valence-corrected chi connectivity index (χ3v) is 4.15. The Balaban J connectivity index is 1.70. The van der Waals surface area contributed by atoms with Gasteiger partial charge in [-0.1, -0.05) is 0 Å². The second-order valence-electron chi connectivity index (χ2n) is 5.77. The minimum atomic E-state index is -0.495. The van der Waals surface area contributed by atoms with Crippen LogP contribution < -0.4 is 4.74 Å². The lowest BCUT2D eigenvalue weighted by atomic mass is 9.91. The molecule has 4 nitrogen and oxygen atoms in total. The molecule has 0 saturated carbocycles. The summed E-state index contributed by atoms with van der Waals surface area (Å²) < 4.78 is 31.0. The minimum Gasteiger partial charge on any atom is -0.487 e. The van der Waals surface area contributed by atoms with Crippen LogP contribution in [0.3, 0.4) is 0 Å². The molecule has 2 aliphatic heterocycles. The fourth-order valence-electron chi connectivity index (χ4n) is 2.94. The lowest BCUT2D eigenvalue weighted by molar-refractivity contribution is -0.112. The summed E-state index contributed by atoms with van der Waals surface area (Å²) in [6.45, 7) is 3.30. The fourth-order valence-corrected chi connectivity index (χ4v) is 2.94. The Morgan fingerprint density at radius 1 is 1.43 bits per heavy atom. The lowest BCUT2D eigenvalue weighted by Crippen LogP contribution is -2.44. The molecule has 1 aromatic rings. The van der Waals surface area contributed by atoms with Gasteiger partial charge in [0, 0.05) is 31.4 Å². The van der Waals surface area contributed by atoms with Crippen LogP contribution in [-0.2, 0) is 9.47 Å². The van der Waals surface area contributed by atoms with E-state index in [4.69, 9.17) is 14.2 Å². The zero-order chi connectivity index (χ0) is 14.9. The van der Waals surface area contributed by atoms with Crippen LogP contribution in [0.2, 0.25) is 0 Å². The average Bonchev–Trinajstić information content (AvgIpc) is 2.89. The first-order chi connectivity index (χ1) is 10.1. The summed E-state index contributed by atoms with van der Waals surface area (Å²) in [6.07, 6.45) is 2.22. The van der Waals surface area contributed by atoms with Crippen molar-refractivity contribution >= 4 is 5.78 Å². The van der Waals surface area contributed by atoms with Gasteiger partial charge in [-0.25, -0.2) is 4.39 Å². The first-order valence-corrected chi connectivity index (χ1v) is 7.27. The molecule has 0 aliphatic carbocycles. The summed E-state index contributed by atoms with van der Waals surface area (Å²) in [6, 6.07) is 4.35. The number of halogens is 1. The van der Waals surface area contributed by atoms with Crippen molar-refractivity contribution in [2.75, 3.05) is 19.8 Å². The molecule has 5 heteroatoms. The maximum Gasteiger partial charge on any atom is 0.165 e. The van der Waals surface area contributed by atoms with E-state index < -0.39 is 5.82 Å². The zero-order valence-corrected chi connectivity index (χ0v) is 12.1. The molecule has 1 aromatic carbocycles. The van der Waals surface area contributed by atoms with Crippen molar-refractivity contribution in [3.05, 3.63) is 29.6 Å². The van der Waals surface area contributed by atoms with E-state index in [9.17, 15) is 9.18 Å². The first-order valence-electron chi connectivity index (χ1n) is 7.27. The molecule has 2 atom stereocenters. The molecule has 1 spiro atoms. The second-order valence-corrected chi connectivity index (χ2v) is 5.77. The highest BCUT2D eigenvalue weighted by Crippen LogP contribution is 2.35. The van der Waals surface area contributed by atoms with Crippen molar-refractivity contribution in [3.63, 3.8) is 0 Å². The molecule has 114 valence electrons. The van der Waals surface area contributed by atoms with Crippen LogP contribution in [0.1, 0.15) is 36.5 Å². The van der Waals surface area contributed by atoms with Crippen LogP contribution in [0, 0.1) is 5.82 Å². The van der Waals surface area contributed by atoms with Gasteiger partial charge in [-0.05, 0) is 25.1 Å². The second kappa shape index (κ2) is 5.73. The van der Waals surface area contributed by atoms with Gasteiger partial charge in [0.05, 0.1) is 18.8 Å². The summed E-state index contributed by atoms with van der Waals surface area (Å²) >= 11 is 0. The third-order valence-electron chi connectivity index (χ3n) is 4.15. The number of Topliss-reactive ketones (excluding diaryl/α,β-unsaturated/α-hetero) is 1. The number of hydrogen-bond acceptors (Lipinski definition) is 4. The molecule has 2 aliphatic rings. The van der Waals surface area contributed by atoms with Crippen LogP contribution >= 0.6 is 0 Å². The highest BCUT2D eigenvalue weighted by atomic mass is 19.1. The number of rotatable bonds is 3.